The summed E-state index contributed by atoms with van der Waals surface area (Å²) in [4.78, 5) is 16.2. The van der Waals surface area contributed by atoms with Crippen LogP contribution in [-0.4, -0.2) is 29.6 Å². The maximum Gasteiger partial charge on any atom is 0.416 e. The van der Waals surface area contributed by atoms with Crippen LogP contribution in [0.4, 0.5) is 18.9 Å². The number of rotatable bonds is 5. The third-order valence-corrected chi connectivity index (χ3v) is 4.78. The van der Waals surface area contributed by atoms with Crippen molar-refractivity contribution < 1.29 is 22.7 Å². The number of anilines is 1. The number of carbonyl (C=O) groups is 1. The van der Waals surface area contributed by atoms with Gasteiger partial charge in [0.1, 0.15) is 17.0 Å². The molecule has 1 aromatic carbocycles. The van der Waals surface area contributed by atoms with Gasteiger partial charge in [0.2, 0.25) is 0 Å². The number of nitrogens with zero attached hydrogens (tertiary/aromatic N) is 1. The van der Waals surface area contributed by atoms with E-state index in [1.807, 2.05) is 0 Å². The predicted molar refractivity (Wildman–Crippen MR) is 99.8 cm³/mol. The normalized spacial score (nSPS) is 18.0. The molecule has 0 bridgehead atoms. The van der Waals surface area contributed by atoms with Gasteiger partial charge in [-0.25, -0.2) is 4.98 Å². The fourth-order valence-electron chi connectivity index (χ4n) is 3.07. The summed E-state index contributed by atoms with van der Waals surface area (Å²) in [5, 5.41) is 5.66. The van der Waals surface area contributed by atoms with Gasteiger partial charge in [-0.1, -0.05) is 11.6 Å². The van der Waals surface area contributed by atoms with E-state index in [-0.39, 0.29) is 34.3 Å². The molecular weight excluding hydrogens is 395 g/mol. The van der Waals surface area contributed by atoms with Gasteiger partial charge in [-0.15, -0.1) is 0 Å². The highest BCUT2D eigenvalue weighted by Gasteiger charge is 2.32. The second-order valence-corrected chi connectivity index (χ2v) is 6.92. The molecule has 2 atom stereocenters. The SMILES string of the molecule is C[C@H](Oc1cc(NC(=O)c2cccnc2Cl)cc(C(F)(F)F)c1)C1CCCN1. The zero-order valence-electron chi connectivity index (χ0n) is 15.0. The lowest BCUT2D eigenvalue weighted by atomic mass is 10.1. The van der Waals surface area contributed by atoms with E-state index in [9.17, 15) is 18.0 Å². The summed E-state index contributed by atoms with van der Waals surface area (Å²) in [6, 6.07) is 6.16. The van der Waals surface area contributed by atoms with Crippen molar-refractivity contribution in [3.63, 3.8) is 0 Å². The molecule has 1 unspecified atom stereocenters. The van der Waals surface area contributed by atoms with Gasteiger partial charge in [0, 0.05) is 24.0 Å². The Morgan fingerprint density at radius 2 is 2.18 bits per heavy atom. The molecule has 5 nitrogen and oxygen atoms in total. The van der Waals surface area contributed by atoms with Crippen molar-refractivity contribution >= 4 is 23.2 Å². The van der Waals surface area contributed by atoms with Crippen LogP contribution in [0.15, 0.2) is 36.5 Å². The predicted octanol–water partition coefficient (Wildman–Crippen LogP) is 4.53. The minimum Gasteiger partial charge on any atom is -0.489 e. The number of ether oxygens (including phenoxy) is 1. The standard InChI is InChI=1S/C19H19ClF3N3O2/c1-11(16-5-3-6-24-16)28-14-9-12(19(21,22)23)8-13(10-14)26-18(27)15-4-2-7-25-17(15)20/h2,4,7-11,16,24H,3,5-6H2,1H3,(H,26,27)/t11-,16?/m0/s1. The summed E-state index contributed by atoms with van der Waals surface area (Å²) in [5.41, 5.74) is -0.891. The summed E-state index contributed by atoms with van der Waals surface area (Å²) < 4.78 is 45.6. The molecular formula is C19H19ClF3N3O2. The summed E-state index contributed by atoms with van der Waals surface area (Å²) in [6.07, 6.45) is -1.60. The minimum atomic E-state index is -4.58. The molecule has 28 heavy (non-hydrogen) atoms. The van der Waals surface area contributed by atoms with Crippen LogP contribution in [0, 0.1) is 0 Å². The summed E-state index contributed by atoms with van der Waals surface area (Å²) >= 11 is 5.88. The fraction of sp³-hybridized carbons (Fsp3) is 0.368. The first-order valence-corrected chi connectivity index (χ1v) is 9.16. The van der Waals surface area contributed by atoms with Crippen LogP contribution in [0.1, 0.15) is 35.7 Å². The van der Waals surface area contributed by atoms with Crippen LogP contribution in [0.25, 0.3) is 0 Å². The molecule has 1 aromatic heterocycles. The van der Waals surface area contributed by atoms with Gasteiger partial charge in [0.25, 0.3) is 5.91 Å². The lowest BCUT2D eigenvalue weighted by molar-refractivity contribution is -0.137. The average Bonchev–Trinajstić information content (AvgIpc) is 3.16. The molecule has 3 rings (SSSR count). The van der Waals surface area contributed by atoms with Crippen molar-refractivity contribution in [2.45, 2.75) is 38.1 Å². The van der Waals surface area contributed by atoms with Crippen LogP contribution >= 0.6 is 11.6 Å². The van der Waals surface area contributed by atoms with Gasteiger partial charge >= 0.3 is 6.18 Å². The molecule has 150 valence electrons. The van der Waals surface area contributed by atoms with Crippen molar-refractivity contribution in [2.24, 2.45) is 0 Å². The Morgan fingerprint density at radius 3 is 2.82 bits per heavy atom. The second-order valence-electron chi connectivity index (χ2n) is 6.57. The van der Waals surface area contributed by atoms with Crippen LogP contribution in [0.3, 0.4) is 0 Å². The van der Waals surface area contributed by atoms with E-state index in [1.54, 1.807) is 6.92 Å². The van der Waals surface area contributed by atoms with E-state index in [4.69, 9.17) is 16.3 Å². The van der Waals surface area contributed by atoms with Crippen molar-refractivity contribution in [1.82, 2.24) is 10.3 Å². The Labute approximate surface area is 165 Å². The number of nitrogens with one attached hydrogen (secondary N) is 2. The number of aromatic nitrogens is 1. The zero-order chi connectivity index (χ0) is 20.3. The van der Waals surface area contributed by atoms with E-state index in [0.29, 0.717) is 0 Å². The molecule has 1 aliphatic rings. The molecule has 1 amide bonds. The quantitative estimate of drug-likeness (QED) is 0.707. The third-order valence-electron chi connectivity index (χ3n) is 4.48. The molecule has 2 N–H and O–H groups in total. The van der Waals surface area contributed by atoms with Gasteiger partial charge in [0.05, 0.1) is 11.1 Å². The van der Waals surface area contributed by atoms with Crippen molar-refractivity contribution in [3.8, 4) is 5.75 Å². The lowest BCUT2D eigenvalue weighted by Crippen LogP contribution is -2.36. The number of alkyl halides is 3. The number of pyridine rings is 1. The number of benzene rings is 1. The maximum absolute atomic E-state index is 13.3. The van der Waals surface area contributed by atoms with Gasteiger partial charge in [-0.3, -0.25) is 4.79 Å². The molecule has 2 aromatic rings. The number of halogens is 4. The first kappa shape index (κ1) is 20.4. The van der Waals surface area contributed by atoms with Crippen LogP contribution in [0.2, 0.25) is 5.15 Å². The van der Waals surface area contributed by atoms with E-state index in [1.165, 1.54) is 24.4 Å². The molecule has 0 aliphatic carbocycles. The third kappa shape index (κ3) is 4.94. The molecule has 1 fully saturated rings. The number of carbonyl (C=O) groups excluding carboxylic acids is 1. The number of amides is 1. The van der Waals surface area contributed by atoms with Gasteiger partial charge < -0.3 is 15.4 Å². The summed E-state index contributed by atoms with van der Waals surface area (Å²) in [6.45, 7) is 2.66. The van der Waals surface area contributed by atoms with Crippen molar-refractivity contribution in [2.75, 3.05) is 11.9 Å². The molecule has 9 heteroatoms. The average molecular weight is 414 g/mol. The monoisotopic (exact) mass is 413 g/mol. The highest BCUT2D eigenvalue weighted by atomic mass is 35.5. The minimum absolute atomic E-state index is 0.0311. The van der Waals surface area contributed by atoms with Crippen LogP contribution < -0.4 is 15.4 Å². The van der Waals surface area contributed by atoms with Crippen LogP contribution in [-0.2, 0) is 6.18 Å². The fourth-order valence-corrected chi connectivity index (χ4v) is 3.27. The van der Waals surface area contributed by atoms with Gasteiger partial charge in [-0.2, -0.15) is 13.2 Å². The number of hydrogen-bond donors (Lipinski definition) is 2. The van der Waals surface area contributed by atoms with Gasteiger partial charge in [0.15, 0.2) is 0 Å². The molecule has 0 saturated carbocycles. The smallest absolute Gasteiger partial charge is 0.416 e. The first-order valence-electron chi connectivity index (χ1n) is 8.78. The maximum atomic E-state index is 13.3. The molecule has 1 saturated heterocycles. The molecule has 2 heterocycles. The first-order chi connectivity index (χ1) is 13.2. The van der Waals surface area contributed by atoms with Crippen molar-refractivity contribution in [3.05, 3.63) is 52.8 Å². The topological polar surface area (TPSA) is 63.2 Å². The Bertz CT molecular complexity index is 855. The van der Waals surface area contributed by atoms with E-state index in [2.05, 4.69) is 15.6 Å². The highest BCUT2D eigenvalue weighted by Crippen LogP contribution is 2.35. The second kappa shape index (κ2) is 8.36. The Hall–Kier alpha value is -2.32. The van der Waals surface area contributed by atoms with Gasteiger partial charge in [-0.05, 0) is 50.6 Å². The molecule has 1 aliphatic heterocycles. The Kier molecular flexibility index (Phi) is 6.10. The largest absolute Gasteiger partial charge is 0.489 e. The van der Waals surface area contributed by atoms with E-state index >= 15 is 0 Å². The Morgan fingerprint density at radius 1 is 1.39 bits per heavy atom. The Balaban J connectivity index is 1.85. The summed E-state index contributed by atoms with van der Waals surface area (Å²) in [7, 11) is 0. The van der Waals surface area contributed by atoms with E-state index < -0.39 is 17.6 Å². The van der Waals surface area contributed by atoms with Crippen LogP contribution in [0.5, 0.6) is 5.75 Å². The number of hydrogen-bond acceptors (Lipinski definition) is 4. The molecule has 0 spiro atoms. The summed E-state index contributed by atoms with van der Waals surface area (Å²) in [5.74, 6) is -0.627. The zero-order valence-corrected chi connectivity index (χ0v) is 15.8. The van der Waals surface area contributed by atoms with Crippen molar-refractivity contribution in [1.29, 1.82) is 0 Å². The van der Waals surface area contributed by atoms with E-state index in [0.717, 1.165) is 31.5 Å². The molecule has 0 radical (unpaired) electrons. The lowest BCUT2D eigenvalue weighted by Gasteiger charge is -2.22. The highest BCUT2D eigenvalue weighted by molar-refractivity contribution is 6.33.